The standard InChI is InChI=1S/C21H32N2O2/c1-19-10-12-11-22-23-17(12)8-13(19)4-5-14-15(19)6-7-20(2)16(14)9-18(24)21(20,3)25/h11,13-16,18,24-25H,4-10H2,1-3H3,(H,22,23). The Morgan fingerprint density at radius 1 is 1.16 bits per heavy atom. The van der Waals surface area contributed by atoms with Crippen LogP contribution in [0, 0.1) is 34.5 Å². The average Bonchev–Trinajstić information content (AvgIpc) is 3.07. The molecule has 3 N–H and O–H groups in total. The summed E-state index contributed by atoms with van der Waals surface area (Å²) in [7, 11) is 0. The summed E-state index contributed by atoms with van der Waals surface area (Å²) < 4.78 is 0. The Morgan fingerprint density at radius 2 is 1.96 bits per heavy atom. The molecule has 0 bridgehead atoms. The Labute approximate surface area is 150 Å². The summed E-state index contributed by atoms with van der Waals surface area (Å²) in [4.78, 5) is 0. The van der Waals surface area contributed by atoms with E-state index in [-0.39, 0.29) is 5.41 Å². The zero-order chi connectivity index (χ0) is 17.6. The third-order valence-corrected chi connectivity index (χ3v) is 9.57. The number of aromatic amines is 1. The van der Waals surface area contributed by atoms with Crippen LogP contribution in [-0.2, 0) is 12.8 Å². The van der Waals surface area contributed by atoms with E-state index in [1.165, 1.54) is 30.5 Å². The van der Waals surface area contributed by atoms with Crippen molar-refractivity contribution in [2.24, 2.45) is 34.5 Å². The van der Waals surface area contributed by atoms with Gasteiger partial charge in [-0.2, -0.15) is 5.10 Å². The van der Waals surface area contributed by atoms with E-state index in [1.807, 2.05) is 13.1 Å². The number of nitrogens with zero attached hydrogens (tertiary/aromatic N) is 1. The fourth-order valence-electron chi connectivity index (χ4n) is 7.70. The van der Waals surface area contributed by atoms with Crippen molar-refractivity contribution < 1.29 is 10.2 Å². The molecular formula is C21H32N2O2. The molecule has 4 aliphatic rings. The quantitative estimate of drug-likeness (QED) is 0.677. The van der Waals surface area contributed by atoms with Gasteiger partial charge in [-0.3, -0.25) is 5.10 Å². The van der Waals surface area contributed by atoms with Gasteiger partial charge in [0, 0.05) is 11.1 Å². The van der Waals surface area contributed by atoms with E-state index < -0.39 is 11.7 Å². The Bertz CT molecular complexity index is 698. The van der Waals surface area contributed by atoms with Crippen LogP contribution in [0.3, 0.4) is 0 Å². The first-order valence-electron chi connectivity index (χ1n) is 10.2. The molecule has 3 saturated carbocycles. The molecule has 138 valence electrons. The monoisotopic (exact) mass is 344 g/mol. The lowest BCUT2D eigenvalue weighted by atomic mass is 9.44. The second-order valence-electron chi connectivity index (χ2n) is 10.3. The number of rotatable bonds is 0. The maximum absolute atomic E-state index is 11.0. The van der Waals surface area contributed by atoms with Crippen molar-refractivity contribution in [2.45, 2.75) is 77.4 Å². The molecule has 0 amide bonds. The molecule has 4 nitrogen and oxygen atoms in total. The first-order chi connectivity index (χ1) is 11.8. The maximum atomic E-state index is 11.0. The van der Waals surface area contributed by atoms with Crippen molar-refractivity contribution in [3.63, 3.8) is 0 Å². The van der Waals surface area contributed by atoms with Gasteiger partial charge in [0.15, 0.2) is 0 Å². The molecule has 4 heteroatoms. The van der Waals surface area contributed by atoms with Crippen molar-refractivity contribution >= 4 is 0 Å². The number of nitrogens with one attached hydrogen (secondary N) is 1. The molecule has 0 spiro atoms. The summed E-state index contributed by atoms with van der Waals surface area (Å²) >= 11 is 0. The van der Waals surface area contributed by atoms with Gasteiger partial charge in [0.25, 0.3) is 0 Å². The van der Waals surface area contributed by atoms with Gasteiger partial charge in [-0.25, -0.2) is 0 Å². The number of aliphatic hydroxyl groups excluding tert-OH is 1. The van der Waals surface area contributed by atoms with Crippen LogP contribution in [0.2, 0.25) is 0 Å². The first kappa shape index (κ1) is 16.3. The zero-order valence-electron chi connectivity index (χ0n) is 15.8. The number of H-pyrrole nitrogens is 1. The minimum absolute atomic E-state index is 0.133. The van der Waals surface area contributed by atoms with Gasteiger partial charge < -0.3 is 10.2 Å². The second-order valence-corrected chi connectivity index (χ2v) is 10.3. The van der Waals surface area contributed by atoms with Crippen LogP contribution in [0.1, 0.15) is 64.1 Å². The fourth-order valence-corrected chi connectivity index (χ4v) is 7.70. The highest BCUT2D eigenvalue weighted by molar-refractivity contribution is 5.26. The average molecular weight is 344 g/mol. The molecule has 0 saturated heterocycles. The first-order valence-corrected chi connectivity index (χ1v) is 10.2. The highest BCUT2D eigenvalue weighted by Gasteiger charge is 2.66. The lowest BCUT2D eigenvalue weighted by molar-refractivity contribution is -0.155. The summed E-state index contributed by atoms with van der Waals surface area (Å²) in [5.41, 5.74) is 2.06. The molecule has 8 unspecified atom stereocenters. The van der Waals surface area contributed by atoms with Gasteiger partial charge in [-0.1, -0.05) is 13.8 Å². The summed E-state index contributed by atoms with van der Waals surface area (Å²) in [5, 5.41) is 29.1. The molecule has 5 rings (SSSR count). The van der Waals surface area contributed by atoms with Crippen LogP contribution in [0.15, 0.2) is 6.20 Å². The summed E-state index contributed by atoms with van der Waals surface area (Å²) in [6.45, 7) is 6.65. The lowest BCUT2D eigenvalue weighted by Gasteiger charge is -2.60. The number of aromatic nitrogens is 2. The third-order valence-electron chi connectivity index (χ3n) is 9.57. The molecule has 8 atom stereocenters. The molecule has 25 heavy (non-hydrogen) atoms. The number of fused-ring (bicyclic) bond motifs is 6. The van der Waals surface area contributed by atoms with Crippen molar-refractivity contribution in [2.75, 3.05) is 0 Å². The normalized spacial score (nSPS) is 54.4. The Balaban J connectivity index is 1.51. The van der Waals surface area contributed by atoms with Gasteiger partial charge in [-0.15, -0.1) is 0 Å². The molecule has 1 aromatic rings. The van der Waals surface area contributed by atoms with E-state index in [9.17, 15) is 10.2 Å². The number of aliphatic hydroxyl groups is 2. The highest BCUT2D eigenvalue weighted by Crippen LogP contribution is 2.67. The molecule has 3 fully saturated rings. The van der Waals surface area contributed by atoms with E-state index >= 15 is 0 Å². The second kappa shape index (κ2) is 4.89. The van der Waals surface area contributed by atoms with Crippen LogP contribution in [0.25, 0.3) is 0 Å². The predicted octanol–water partition coefficient (Wildman–Crippen LogP) is 3.09. The van der Waals surface area contributed by atoms with Crippen molar-refractivity contribution in [3.05, 3.63) is 17.5 Å². The van der Waals surface area contributed by atoms with E-state index in [4.69, 9.17) is 0 Å². The molecular weight excluding hydrogens is 312 g/mol. The number of hydrogen-bond acceptors (Lipinski definition) is 3. The predicted molar refractivity (Wildman–Crippen MR) is 95.9 cm³/mol. The van der Waals surface area contributed by atoms with Gasteiger partial charge in [-0.05, 0) is 86.5 Å². The Kier molecular flexibility index (Phi) is 3.19. The van der Waals surface area contributed by atoms with E-state index in [0.717, 1.165) is 31.6 Å². The van der Waals surface area contributed by atoms with Crippen molar-refractivity contribution in [3.8, 4) is 0 Å². The highest BCUT2D eigenvalue weighted by atomic mass is 16.3. The summed E-state index contributed by atoms with van der Waals surface area (Å²) in [6.07, 6.45) is 9.32. The van der Waals surface area contributed by atoms with Crippen molar-refractivity contribution in [1.29, 1.82) is 0 Å². The van der Waals surface area contributed by atoms with Crippen LogP contribution in [-0.4, -0.2) is 32.1 Å². The van der Waals surface area contributed by atoms with Gasteiger partial charge in [0.2, 0.25) is 0 Å². The molecule has 1 aromatic heterocycles. The Hall–Kier alpha value is -0.870. The van der Waals surface area contributed by atoms with E-state index in [0.29, 0.717) is 23.2 Å². The minimum Gasteiger partial charge on any atom is -0.390 e. The molecule has 0 aliphatic heterocycles. The van der Waals surface area contributed by atoms with Gasteiger partial charge in [0.05, 0.1) is 17.9 Å². The third kappa shape index (κ3) is 1.88. The summed E-state index contributed by atoms with van der Waals surface area (Å²) in [5.74, 6) is 2.57. The van der Waals surface area contributed by atoms with Crippen LogP contribution >= 0.6 is 0 Å². The topological polar surface area (TPSA) is 69.1 Å². The number of hydrogen-bond donors (Lipinski definition) is 3. The zero-order valence-corrected chi connectivity index (χ0v) is 15.8. The molecule has 0 radical (unpaired) electrons. The minimum atomic E-state index is -0.940. The summed E-state index contributed by atoms with van der Waals surface area (Å²) in [6, 6.07) is 0. The maximum Gasteiger partial charge on any atom is 0.0933 e. The van der Waals surface area contributed by atoms with E-state index in [2.05, 4.69) is 24.0 Å². The van der Waals surface area contributed by atoms with Gasteiger partial charge in [0.1, 0.15) is 0 Å². The molecule has 4 aliphatic carbocycles. The largest absolute Gasteiger partial charge is 0.390 e. The SMILES string of the molecule is CC12Cc3cn[nH]c3CC1CCC1C2CCC2(C)C1CC(O)C2(C)O. The fraction of sp³-hybridized carbons (Fsp3) is 0.857. The van der Waals surface area contributed by atoms with Crippen LogP contribution < -0.4 is 0 Å². The van der Waals surface area contributed by atoms with Gasteiger partial charge >= 0.3 is 0 Å². The molecule has 0 aromatic carbocycles. The van der Waals surface area contributed by atoms with E-state index in [1.54, 1.807) is 0 Å². The Morgan fingerprint density at radius 3 is 2.76 bits per heavy atom. The smallest absolute Gasteiger partial charge is 0.0933 e. The van der Waals surface area contributed by atoms with Crippen molar-refractivity contribution in [1.82, 2.24) is 10.2 Å². The molecule has 1 heterocycles. The lowest BCUT2D eigenvalue weighted by Crippen LogP contribution is -2.57. The van der Waals surface area contributed by atoms with Crippen LogP contribution in [0.5, 0.6) is 0 Å². The van der Waals surface area contributed by atoms with Crippen LogP contribution in [0.4, 0.5) is 0 Å².